The van der Waals surface area contributed by atoms with Crippen LogP contribution in [0.2, 0.25) is 0 Å². The first-order valence-electron chi connectivity index (χ1n) is 6.85. The third-order valence-electron chi connectivity index (χ3n) is 3.79. The quantitative estimate of drug-likeness (QED) is 0.903. The van der Waals surface area contributed by atoms with E-state index in [1.807, 2.05) is 6.92 Å². The number of aromatic nitrogens is 5. The maximum atomic E-state index is 5.16. The molecule has 1 aliphatic rings. The molecule has 7 heteroatoms. The minimum atomic E-state index is 0.235. The highest BCUT2D eigenvalue weighted by Gasteiger charge is 2.28. The normalized spacial score (nSPS) is 19.2. The molecule has 0 aliphatic carbocycles. The number of H-pyrrole nitrogens is 1. The first-order valence-corrected chi connectivity index (χ1v) is 6.85. The SMILES string of the molecule is COCc1nnc2n1CCN(Cc1cc(C)[nH]n1)[C@@H]2C. The lowest BCUT2D eigenvalue weighted by Gasteiger charge is -2.33. The average Bonchev–Trinajstić information content (AvgIpc) is 3.01. The number of nitrogens with one attached hydrogen (secondary N) is 1. The van der Waals surface area contributed by atoms with Crippen LogP contribution < -0.4 is 0 Å². The van der Waals surface area contributed by atoms with Gasteiger partial charge in [-0.05, 0) is 19.9 Å². The maximum absolute atomic E-state index is 5.16. The largest absolute Gasteiger partial charge is 0.377 e. The first-order chi connectivity index (χ1) is 9.69. The molecule has 20 heavy (non-hydrogen) atoms. The minimum absolute atomic E-state index is 0.235. The van der Waals surface area contributed by atoms with E-state index in [0.29, 0.717) is 6.61 Å². The Labute approximate surface area is 117 Å². The van der Waals surface area contributed by atoms with Gasteiger partial charge in [-0.2, -0.15) is 5.10 Å². The van der Waals surface area contributed by atoms with Crippen LogP contribution in [0.1, 0.15) is 36.0 Å². The summed E-state index contributed by atoms with van der Waals surface area (Å²) in [5, 5.41) is 15.8. The van der Waals surface area contributed by atoms with Crippen LogP contribution in [-0.2, 0) is 24.4 Å². The molecule has 0 aromatic carbocycles. The number of fused-ring (bicyclic) bond motifs is 1. The van der Waals surface area contributed by atoms with Crippen molar-refractivity contribution < 1.29 is 4.74 Å². The number of nitrogens with zero attached hydrogens (tertiary/aromatic N) is 5. The Hall–Kier alpha value is -1.73. The van der Waals surface area contributed by atoms with Crippen molar-refractivity contribution in [2.24, 2.45) is 0 Å². The number of hydrogen-bond acceptors (Lipinski definition) is 5. The lowest BCUT2D eigenvalue weighted by Crippen LogP contribution is -2.37. The second kappa shape index (κ2) is 5.34. The molecule has 3 heterocycles. The molecule has 1 N–H and O–H groups in total. The number of aryl methyl sites for hydroxylation is 1. The van der Waals surface area contributed by atoms with Gasteiger partial charge in [0.25, 0.3) is 0 Å². The highest BCUT2D eigenvalue weighted by atomic mass is 16.5. The van der Waals surface area contributed by atoms with Crippen LogP contribution in [0.4, 0.5) is 0 Å². The van der Waals surface area contributed by atoms with Gasteiger partial charge in [0.15, 0.2) is 5.82 Å². The number of methoxy groups -OCH3 is 1. The molecule has 1 atom stereocenters. The second-order valence-electron chi connectivity index (χ2n) is 5.25. The van der Waals surface area contributed by atoms with Crippen molar-refractivity contribution in [1.29, 1.82) is 0 Å². The molecule has 2 aromatic rings. The molecule has 0 fully saturated rings. The van der Waals surface area contributed by atoms with Crippen molar-refractivity contribution >= 4 is 0 Å². The highest BCUT2D eigenvalue weighted by Crippen LogP contribution is 2.25. The Morgan fingerprint density at radius 2 is 2.25 bits per heavy atom. The van der Waals surface area contributed by atoms with Gasteiger partial charge >= 0.3 is 0 Å². The van der Waals surface area contributed by atoms with Gasteiger partial charge in [0.05, 0.1) is 11.7 Å². The summed E-state index contributed by atoms with van der Waals surface area (Å²) in [6.07, 6.45) is 0. The smallest absolute Gasteiger partial charge is 0.159 e. The van der Waals surface area contributed by atoms with E-state index in [0.717, 1.165) is 42.7 Å². The Morgan fingerprint density at radius 1 is 1.40 bits per heavy atom. The zero-order chi connectivity index (χ0) is 14.1. The van der Waals surface area contributed by atoms with Crippen LogP contribution in [-0.4, -0.2) is 43.5 Å². The second-order valence-corrected chi connectivity index (χ2v) is 5.25. The summed E-state index contributed by atoms with van der Waals surface area (Å²) >= 11 is 0. The van der Waals surface area contributed by atoms with E-state index in [-0.39, 0.29) is 6.04 Å². The fraction of sp³-hybridized carbons (Fsp3) is 0.615. The molecule has 108 valence electrons. The van der Waals surface area contributed by atoms with Gasteiger partial charge < -0.3 is 9.30 Å². The van der Waals surface area contributed by atoms with E-state index in [1.165, 1.54) is 0 Å². The van der Waals surface area contributed by atoms with Crippen molar-refractivity contribution in [3.05, 3.63) is 29.1 Å². The third-order valence-corrected chi connectivity index (χ3v) is 3.79. The maximum Gasteiger partial charge on any atom is 0.159 e. The topological polar surface area (TPSA) is 71.9 Å². The number of hydrogen-bond donors (Lipinski definition) is 1. The monoisotopic (exact) mass is 276 g/mol. The van der Waals surface area contributed by atoms with E-state index >= 15 is 0 Å². The molecule has 0 saturated carbocycles. The lowest BCUT2D eigenvalue weighted by molar-refractivity contribution is 0.142. The molecule has 0 saturated heterocycles. The van der Waals surface area contributed by atoms with Crippen LogP contribution in [0.25, 0.3) is 0 Å². The van der Waals surface area contributed by atoms with Crippen molar-refractivity contribution in [2.45, 2.75) is 39.6 Å². The number of ether oxygens (including phenoxy) is 1. The van der Waals surface area contributed by atoms with E-state index in [4.69, 9.17) is 4.74 Å². The van der Waals surface area contributed by atoms with Gasteiger partial charge in [-0.15, -0.1) is 10.2 Å². The fourth-order valence-corrected chi connectivity index (χ4v) is 2.70. The van der Waals surface area contributed by atoms with Gasteiger partial charge in [-0.25, -0.2) is 0 Å². The summed E-state index contributed by atoms with van der Waals surface area (Å²) in [4.78, 5) is 2.37. The zero-order valence-corrected chi connectivity index (χ0v) is 12.1. The minimum Gasteiger partial charge on any atom is -0.377 e. The average molecular weight is 276 g/mol. The third kappa shape index (κ3) is 2.34. The molecule has 7 nitrogen and oxygen atoms in total. The fourth-order valence-electron chi connectivity index (χ4n) is 2.70. The van der Waals surface area contributed by atoms with Crippen molar-refractivity contribution in [2.75, 3.05) is 13.7 Å². The lowest BCUT2D eigenvalue weighted by atomic mass is 10.2. The van der Waals surface area contributed by atoms with E-state index < -0.39 is 0 Å². The Kier molecular flexibility index (Phi) is 3.54. The molecule has 1 aliphatic heterocycles. The molecule has 0 amide bonds. The Morgan fingerprint density at radius 3 is 2.95 bits per heavy atom. The van der Waals surface area contributed by atoms with Gasteiger partial charge in [-0.1, -0.05) is 0 Å². The predicted octanol–water partition coefficient (Wildman–Crippen LogP) is 1.03. The molecule has 0 radical (unpaired) electrons. The molecular weight excluding hydrogens is 256 g/mol. The van der Waals surface area contributed by atoms with Crippen LogP contribution in [0, 0.1) is 6.92 Å². The summed E-state index contributed by atoms with van der Waals surface area (Å²) in [6.45, 7) is 7.39. The Balaban J connectivity index is 1.77. The predicted molar refractivity (Wildman–Crippen MR) is 72.9 cm³/mol. The van der Waals surface area contributed by atoms with Gasteiger partial charge in [0, 0.05) is 32.4 Å². The van der Waals surface area contributed by atoms with Crippen molar-refractivity contribution in [3.63, 3.8) is 0 Å². The van der Waals surface area contributed by atoms with Crippen LogP contribution >= 0.6 is 0 Å². The molecule has 0 bridgehead atoms. The molecular formula is C13H20N6O. The van der Waals surface area contributed by atoms with Gasteiger partial charge in [0.2, 0.25) is 0 Å². The number of aromatic amines is 1. The van der Waals surface area contributed by atoms with E-state index in [2.05, 4.69) is 42.9 Å². The van der Waals surface area contributed by atoms with Crippen LogP contribution in [0.15, 0.2) is 6.07 Å². The molecule has 0 unspecified atom stereocenters. The molecule has 3 rings (SSSR count). The van der Waals surface area contributed by atoms with Crippen LogP contribution in [0.5, 0.6) is 0 Å². The first kappa shape index (κ1) is 13.3. The van der Waals surface area contributed by atoms with E-state index in [9.17, 15) is 0 Å². The van der Waals surface area contributed by atoms with Crippen molar-refractivity contribution in [1.82, 2.24) is 29.9 Å². The van der Waals surface area contributed by atoms with Gasteiger partial charge in [-0.3, -0.25) is 10.00 Å². The summed E-state index contributed by atoms with van der Waals surface area (Å²) < 4.78 is 7.33. The number of rotatable bonds is 4. The van der Waals surface area contributed by atoms with Crippen LogP contribution in [0.3, 0.4) is 0 Å². The summed E-state index contributed by atoms with van der Waals surface area (Å²) in [5.74, 6) is 1.92. The molecule has 0 spiro atoms. The molecule has 2 aromatic heterocycles. The highest BCUT2D eigenvalue weighted by molar-refractivity contribution is 5.09. The summed E-state index contributed by atoms with van der Waals surface area (Å²) in [6, 6.07) is 2.32. The van der Waals surface area contributed by atoms with Gasteiger partial charge in [0.1, 0.15) is 12.4 Å². The standard InChI is InChI=1S/C13H20N6O/c1-9-6-11(15-14-9)7-18-4-5-19-12(8-20-3)16-17-13(19)10(18)2/h6,10H,4-5,7-8H2,1-3H3,(H,14,15)/t10-/m1/s1. The summed E-state index contributed by atoms with van der Waals surface area (Å²) in [5.41, 5.74) is 2.16. The van der Waals surface area contributed by atoms with Crippen molar-refractivity contribution in [3.8, 4) is 0 Å². The zero-order valence-electron chi connectivity index (χ0n) is 12.1. The van der Waals surface area contributed by atoms with E-state index in [1.54, 1.807) is 7.11 Å². The summed E-state index contributed by atoms with van der Waals surface area (Å²) in [7, 11) is 1.68. The Bertz CT molecular complexity index is 589.